The van der Waals surface area contributed by atoms with Gasteiger partial charge in [-0.05, 0) is 29.9 Å². The zero-order chi connectivity index (χ0) is 12.3. The second-order valence-electron chi connectivity index (χ2n) is 4.77. The van der Waals surface area contributed by atoms with Crippen LogP contribution in [0.5, 0.6) is 0 Å². The summed E-state index contributed by atoms with van der Waals surface area (Å²) in [6.07, 6.45) is 5.15. The lowest BCUT2D eigenvalue weighted by molar-refractivity contribution is -0.138. The molecule has 0 aliphatic heterocycles. The van der Waals surface area contributed by atoms with Gasteiger partial charge in [0.1, 0.15) is 0 Å². The molecule has 3 nitrogen and oxygen atoms in total. The Bertz CT molecular complexity index is 380. The van der Waals surface area contributed by atoms with E-state index < -0.39 is 11.9 Å². The molecule has 0 bridgehead atoms. The third-order valence-electron chi connectivity index (χ3n) is 3.70. The molecule has 1 aliphatic rings. The highest BCUT2D eigenvalue weighted by Gasteiger charge is 2.20. The quantitative estimate of drug-likeness (QED) is 0.839. The molecule has 1 atom stereocenters. The van der Waals surface area contributed by atoms with Crippen LogP contribution < -0.4 is 5.73 Å². The van der Waals surface area contributed by atoms with Crippen molar-refractivity contribution >= 4 is 5.97 Å². The largest absolute Gasteiger partial charge is 0.481 e. The average molecular weight is 233 g/mol. The van der Waals surface area contributed by atoms with Gasteiger partial charge in [0.2, 0.25) is 0 Å². The Labute approximate surface area is 102 Å². The predicted octanol–water partition coefficient (Wildman–Crippen LogP) is 2.47. The van der Waals surface area contributed by atoms with Gasteiger partial charge in [-0.2, -0.15) is 0 Å². The highest BCUT2D eigenvalue weighted by molar-refractivity contribution is 5.76. The third-order valence-corrected chi connectivity index (χ3v) is 3.70. The first kappa shape index (κ1) is 12.1. The second-order valence-corrected chi connectivity index (χ2v) is 4.77. The molecule has 1 fully saturated rings. The lowest BCUT2D eigenvalue weighted by atomic mass is 9.93. The summed E-state index contributed by atoms with van der Waals surface area (Å²) in [7, 11) is 0. The minimum Gasteiger partial charge on any atom is -0.481 e. The van der Waals surface area contributed by atoms with E-state index in [0.717, 1.165) is 5.56 Å². The van der Waals surface area contributed by atoms with Crippen molar-refractivity contribution in [2.24, 2.45) is 5.73 Å². The van der Waals surface area contributed by atoms with Crippen LogP contribution in [-0.4, -0.2) is 17.6 Å². The monoisotopic (exact) mass is 233 g/mol. The van der Waals surface area contributed by atoms with Gasteiger partial charge in [-0.3, -0.25) is 4.79 Å². The predicted molar refractivity (Wildman–Crippen MR) is 67.1 cm³/mol. The Balaban J connectivity index is 2.14. The van der Waals surface area contributed by atoms with Gasteiger partial charge < -0.3 is 10.8 Å². The molecule has 2 rings (SSSR count). The van der Waals surface area contributed by atoms with Crippen LogP contribution >= 0.6 is 0 Å². The number of hydrogen-bond donors (Lipinski definition) is 2. The molecular weight excluding hydrogens is 214 g/mol. The van der Waals surface area contributed by atoms with Crippen LogP contribution in [0.2, 0.25) is 0 Å². The molecule has 0 saturated heterocycles. The van der Waals surface area contributed by atoms with Crippen molar-refractivity contribution in [3.63, 3.8) is 0 Å². The molecular formula is C14H19NO2. The van der Waals surface area contributed by atoms with Gasteiger partial charge in [-0.1, -0.05) is 37.1 Å². The Hall–Kier alpha value is -1.35. The smallest absolute Gasteiger partial charge is 0.312 e. The molecule has 1 unspecified atom stereocenters. The average Bonchev–Trinajstić information content (AvgIpc) is 2.84. The Kier molecular flexibility index (Phi) is 3.79. The minimum atomic E-state index is -0.846. The minimum absolute atomic E-state index is 0.151. The van der Waals surface area contributed by atoms with Crippen molar-refractivity contribution in [2.75, 3.05) is 6.54 Å². The molecule has 92 valence electrons. The van der Waals surface area contributed by atoms with Gasteiger partial charge in [0.05, 0.1) is 5.92 Å². The number of nitrogens with two attached hydrogens (primary N) is 1. The summed E-state index contributed by atoms with van der Waals surface area (Å²) >= 11 is 0. The molecule has 1 aromatic carbocycles. The summed E-state index contributed by atoms with van der Waals surface area (Å²) < 4.78 is 0. The van der Waals surface area contributed by atoms with Gasteiger partial charge >= 0.3 is 5.97 Å². The zero-order valence-corrected chi connectivity index (χ0v) is 9.93. The molecule has 17 heavy (non-hydrogen) atoms. The van der Waals surface area contributed by atoms with Gasteiger partial charge in [-0.25, -0.2) is 0 Å². The maximum atomic E-state index is 11.0. The molecule has 0 heterocycles. The first-order valence-corrected chi connectivity index (χ1v) is 6.25. The van der Waals surface area contributed by atoms with Gasteiger partial charge in [0, 0.05) is 6.54 Å². The van der Waals surface area contributed by atoms with Gasteiger partial charge in [0.25, 0.3) is 0 Å². The van der Waals surface area contributed by atoms with Gasteiger partial charge in [-0.15, -0.1) is 0 Å². The van der Waals surface area contributed by atoms with Crippen LogP contribution in [0, 0.1) is 0 Å². The number of aliphatic carboxylic acids is 1. The first-order chi connectivity index (χ1) is 8.22. The van der Waals surface area contributed by atoms with Crippen LogP contribution in [0.25, 0.3) is 0 Å². The van der Waals surface area contributed by atoms with E-state index in [0.29, 0.717) is 5.92 Å². The summed E-state index contributed by atoms with van der Waals surface area (Å²) in [6.45, 7) is 0.151. The zero-order valence-electron chi connectivity index (χ0n) is 9.93. The van der Waals surface area contributed by atoms with E-state index >= 15 is 0 Å². The number of benzene rings is 1. The van der Waals surface area contributed by atoms with Crippen molar-refractivity contribution in [3.8, 4) is 0 Å². The normalized spacial score (nSPS) is 18.2. The summed E-state index contributed by atoms with van der Waals surface area (Å²) in [4.78, 5) is 11.0. The Morgan fingerprint density at radius 1 is 1.29 bits per heavy atom. The molecule has 1 aliphatic carbocycles. The third kappa shape index (κ3) is 2.67. The fraction of sp³-hybridized carbons (Fsp3) is 0.500. The number of carbonyl (C=O) groups is 1. The number of rotatable bonds is 4. The van der Waals surface area contributed by atoms with Crippen molar-refractivity contribution in [1.82, 2.24) is 0 Å². The second kappa shape index (κ2) is 5.32. The van der Waals surface area contributed by atoms with E-state index in [1.807, 2.05) is 12.1 Å². The van der Waals surface area contributed by atoms with E-state index in [1.54, 1.807) is 0 Å². The van der Waals surface area contributed by atoms with E-state index in [4.69, 9.17) is 10.8 Å². The number of hydrogen-bond acceptors (Lipinski definition) is 2. The summed E-state index contributed by atoms with van der Waals surface area (Å²) in [5.74, 6) is -0.751. The molecule has 3 heteroatoms. The van der Waals surface area contributed by atoms with Crippen molar-refractivity contribution in [3.05, 3.63) is 35.4 Å². The summed E-state index contributed by atoms with van der Waals surface area (Å²) in [6, 6.07) is 7.96. The van der Waals surface area contributed by atoms with Crippen molar-refractivity contribution in [2.45, 2.75) is 37.5 Å². The van der Waals surface area contributed by atoms with Crippen molar-refractivity contribution < 1.29 is 9.90 Å². The SMILES string of the molecule is NCC(C(=O)O)c1ccc(C2CCCC2)cc1. The van der Waals surface area contributed by atoms with Crippen LogP contribution in [-0.2, 0) is 4.79 Å². The number of carboxylic acid groups (broad SMARTS) is 1. The summed E-state index contributed by atoms with van der Waals surface area (Å²) in [5.41, 5.74) is 7.63. The molecule has 3 N–H and O–H groups in total. The lowest BCUT2D eigenvalue weighted by Crippen LogP contribution is -2.21. The van der Waals surface area contributed by atoms with Crippen molar-refractivity contribution in [1.29, 1.82) is 0 Å². The molecule has 0 amide bonds. The molecule has 1 saturated carbocycles. The highest BCUT2D eigenvalue weighted by Crippen LogP contribution is 2.34. The Morgan fingerprint density at radius 3 is 2.35 bits per heavy atom. The van der Waals surface area contributed by atoms with Crippen LogP contribution in [0.3, 0.4) is 0 Å². The Morgan fingerprint density at radius 2 is 1.88 bits per heavy atom. The summed E-state index contributed by atoms with van der Waals surface area (Å²) in [5, 5.41) is 9.03. The van der Waals surface area contributed by atoms with E-state index in [1.165, 1.54) is 31.2 Å². The molecule has 0 aromatic heterocycles. The maximum Gasteiger partial charge on any atom is 0.312 e. The van der Waals surface area contributed by atoms with Crippen LogP contribution in [0.4, 0.5) is 0 Å². The molecule has 1 aromatic rings. The topological polar surface area (TPSA) is 63.3 Å². The fourth-order valence-corrected chi connectivity index (χ4v) is 2.64. The lowest BCUT2D eigenvalue weighted by Gasteiger charge is -2.13. The molecule has 0 radical (unpaired) electrons. The fourth-order valence-electron chi connectivity index (χ4n) is 2.64. The van der Waals surface area contributed by atoms with Crippen LogP contribution in [0.1, 0.15) is 48.6 Å². The van der Waals surface area contributed by atoms with E-state index in [-0.39, 0.29) is 6.54 Å². The molecule has 0 spiro atoms. The maximum absolute atomic E-state index is 11.0. The highest BCUT2D eigenvalue weighted by atomic mass is 16.4. The van der Waals surface area contributed by atoms with Crippen LogP contribution in [0.15, 0.2) is 24.3 Å². The van der Waals surface area contributed by atoms with Gasteiger partial charge in [0.15, 0.2) is 0 Å². The van der Waals surface area contributed by atoms with E-state index in [2.05, 4.69) is 12.1 Å². The first-order valence-electron chi connectivity index (χ1n) is 6.25. The standard InChI is InChI=1S/C14H19NO2/c15-9-13(14(16)17)12-7-5-11(6-8-12)10-3-1-2-4-10/h5-8,10,13H,1-4,9,15H2,(H,16,17). The number of carboxylic acids is 1. The van der Waals surface area contributed by atoms with E-state index in [9.17, 15) is 4.79 Å².